The molecule has 0 aliphatic heterocycles. The highest BCUT2D eigenvalue weighted by molar-refractivity contribution is 6.60. The summed E-state index contributed by atoms with van der Waals surface area (Å²) >= 11 is 0. The summed E-state index contributed by atoms with van der Waals surface area (Å²) in [5.41, 5.74) is 0. The Labute approximate surface area is 96.2 Å². The lowest BCUT2D eigenvalue weighted by atomic mass is 10.2. The third kappa shape index (κ3) is 5.58. The van der Waals surface area contributed by atoms with Gasteiger partial charge in [-0.3, -0.25) is 0 Å². The molecule has 0 N–H and O–H groups in total. The van der Waals surface area contributed by atoms with Crippen LogP contribution in [0.1, 0.15) is 39.5 Å². The van der Waals surface area contributed by atoms with Crippen LogP contribution in [0, 0.1) is 0 Å². The van der Waals surface area contributed by atoms with E-state index in [1.807, 2.05) is 0 Å². The first kappa shape index (κ1) is 12.2. The Morgan fingerprint density at radius 2 is 1.93 bits per heavy atom. The van der Waals surface area contributed by atoms with Crippen molar-refractivity contribution in [2.45, 2.75) is 39.5 Å². The molecule has 0 amide bonds. The highest BCUT2D eigenvalue weighted by Crippen LogP contribution is 2.02. The molecule has 2 radical (unpaired) electrons. The average Bonchev–Trinajstić information content (AvgIpc) is 2.26. The van der Waals surface area contributed by atoms with Gasteiger partial charge in [0, 0.05) is 0 Å². The number of unbranched alkanes of at least 4 members (excludes halogenated alkanes) is 3. The van der Waals surface area contributed by atoms with E-state index < -0.39 is 0 Å². The van der Waals surface area contributed by atoms with Gasteiger partial charge in [-0.1, -0.05) is 66.6 Å². The summed E-state index contributed by atoms with van der Waals surface area (Å²) in [4.78, 5) is 0. The molecule has 0 aromatic heterocycles. The summed E-state index contributed by atoms with van der Waals surface area (Å²) in [6.45, 7) is 4.50. The summed E-state index contributed by atoms with van der Waals surface area (Å²) in [5.74, 6) is 0. The highest BCUT2D eigenvalue weighted by Gasteiger charge is 1.95. The Morgan fingerprint density at radius 1 is 1.20 bits per heavy atom. The van der Waals surface area contributed by atoms with Crippen molar-refractivity contribution in [2.24, 2.45) is 0 Å². The topological polar surface area (TPSA) is 0 Å². The van der Waals surface area contributed by atoms with Gasteiger partial charge in [-0.15, -0.1) is 0 Å². The summed E-state index contributed by atoms with van der Waals surface area (Å²) in [7, 11) is 0.851. The van der Waals surface area contributed by atoms with Gasteiger partial charge < -0.3 is 0 Å². The Balaban J connectivity index is 2.32. The van der Waals surface area contributed by atoms with Crippen LogP contribution in [0.2, 0.25) is 0 Å². The van der Waals surface area contributed by atoms with E-state index in [0.29, 0.717) is 0 Å². The summed E-state index contributed by atoms with van der Waals surface area (Å²) in [5, 5.41) is 2.97. The van der Waals surface area contributed by atoms with E-state index in [1.165, 1.54) is 36.1 Å². The minimum Gasteiger partial charge on any atom is -0.0895 e. The van der Waals surface area contributed by atoms with Crippen molar-refractivity contribution in [1.29, 1.82) is 0 Å². The molecule has 1 aromatic carbocycles. The van der Waals surface area contributed by atoms with E-state index in [1.54, 1.807) is 0 Å². The van der Waals surface area contributed by atoms with Crippen molar-refractivity contribution in [1.82, 2.24) is 0 Å². The molecule has 1 heteroatoms. The molecule has 0 aliphatic carbocycles. The van der Waals surface area contributed by atoms with Crippen LogP contribution in [0.5, 0.6) is 0 Å². The zero-order valence-electron chi connectivity index (χ0n) is 9.79. The molecule has 0 nitrogen and oxygen atoms in total. The minimum absolute atomic E-state index is 0.851. The van der Waals surface area contributed by atoms with Crippen LogP contribution in [-0.4, -0.2) is 9.52 Å². The summed E-state index contributed by atoms with van der Waals surface area (Å²) < 4.78 is 0. The lowest BCUT2D eigenvalue weighted by molar-refractivity contribution is 0.728. The van der Waals surface area contributed by atoms with Gasteiger partial charge in [0.2, 0.25) is 0 Å². The zero-order chi connectivity index (χ0) is 10.9. The lowest BCUT2D eigenvalue weighted by Gasteiger charge is -2.00. The maximum atomic E-state index is 2.40. The fraction of sp³-hybridized carbons (Fsp3) is 0.429. The first-order valence-corrected chi connectivity index (χ1v) is 6.81. The van der Waals surface area contributed by atoms with Crippen LogP contribution in [0.4, 0.5) is 0 Å². The molecule has 0 aliphatic rings. The second-order valence-corrected chi connectivity index (χ2v) is 5.49. The average molecular weight is 216 g/mol. The predicted molar refractivity (Wildman–Crippen MR) is 69.7 cm³/mol. The molecule has 80 valence electrons. The van der Waals surface area contributed by atoms with Crippen molar-refractivity contribution in [2.75, 3.05) is 0 Å². The van der Waals surface area contributed by atoms with E-state index in [0.717, 1.165) is 9.52 Å². The van der Waals surface area contributed by atoms with Gasteiger partial charge >= 0.3 is 0 Å². The van der Waals surface area contributed by atoms with Crippen LogP contribution in [-0.2, 0) is 0 Å². The number of hydrogen-bond donors (Lipinski definition) is 0. The largest absolute Gasteiger partial charge is 0.115 e. The Hall–Kier alpha value is -0.823. The molecular formula is C14H20Si. The summed E-state index contributed by atoms with van der Waals surface area (Å²) in [6.07, 6.45) is 7.67. The van der Waals surface area contributed by atoms with Crippen LogP contribution in [0.25, 0.3) is 0 Å². The molecule has 0 fully saturated rings. The molecule has 0 saturated heterocycles. The number of hydrogen-bond acceptors (Lipinski definition) is 0. The highest BCUT2D eigenvalue weighted by atomic mass is 28.2. The molecule has 1 rings (SSSR count). The van der Waals surface area contributed by atoms with Crippen molar-refractivity contribution in [3.63, 3.8) is 0 Å². The predicted octanol–water partition coefficient (Wildman–Crippen LogP) is 3.50. The first-order chi connectivity index (χ1) is 7.33. The fourth-order valence-electron chi connectivity index (χ4n) is 1.51. The molecule has 15 heavy (non-hydrogen) atoms. The molecule has 0 atom stereocenters. The fourth-order valence-corrected chi connectivity index (χ4v) is 2.57. The number of rotatable bonds is 6. The maximum Gasteiger partial charge on any atom is 0.115 e. The van der Waals surface area contributed by atoms with E-state index >= 15 is 0 Å². The van der Waals surface area contributed by atoms with Gasteiger partial charge in [0.15, 0.2) is 0 Å². The van der Waals surface area contributed by atoms with E-state index in [-0.39, 0.29) is 0 Å². The van der Waals surface area contributed by atoms with Crippen LogP contribution < -0.4 is 5.19 Å². The molecule has 0 heterocycles. The lowest BCUT2D eigenvalue weighted by Crippen LogP contribution is -2.14. The van der Waals surface area contributed by atoms with Gasteiger partial charge in [-0.25, -0.2) is 0 Å². The minimum atomic E-state index is 0.851. The maximum absolute atomic E-state index is 2.40. The van der Waals surface area contributed by atoms with Crippen molar-refractivity contribution >= 4 is 14.7 Å². The Morgan fingerprint density at radius 3 is 2.60 bits per heavy atom. The van der Waals surface area contributed by atoms with Gasteiger partial charge in [0.1, 0.15) is 9.52 Å². The van der Waals surface area contributed by atoms with Gasteiger partial charge in [0.25, 0.3) is 0 Å². The normalized spacial score (nSPS) is 11.7. The van der Waals surface area contributed by atoms with Crippen molar-refractivity contribution < 1.29 is 0 Å². The zero-order valence-corrected chi connectivity index (χ0v) is 10.8. The van der Waals surface area contributed by atoms with Crippen LogP contribution in [0.3, 0.4) is 0 Å². The van der Waals surface area contributed by atoms with Gasteiger partial charge in [-0.05, 0) is 19.8 Å². The second kappa shape index (κ2) is 7.47. The number of allylic oxidation sites excluding steroid dienone is 2. The first-order valence-electron chi connectivity index (χ1n) is 5.81. The van der Waals surface area contributed by atoms with Gasteiger partial charge in [0.05, 0.1) is 0 Å². The van der Waals surface area contributed by atoms with Crippen LogP contribution >= 0.6 is 0 Å². The third-order valence-corrected chi connectivity index (χ3v) is 3.59. The number of benzene rings is 1. The van der Waals surface area contributed by atoms with E-state index in [2.05, 4.69) is 50.3 Å². The van der Waals surface area contributed by atoms with E-state index in [9.17, 15) is 0 Å². The molecule has 0 bridgehead atoms. The SMILES string of the molecule is CCCCC/C=C(\C)[Si]c1ccccc1. The smallest absolute Gasteiger partial charge is 0.0895 e. The van der Waals surface area contributed by atoms with E-state index in [4.69, 9.17) is 0 Å². The van der Waals surface area contributed by atoms with Crippen molar-refractivity contribution in [3.8, 4) is 0 Å². The molecule has 0 spiro atoms. The Bertz CT molecular complexity index is 287. The summed E-state index contributed by atoms with van der Waals surface area (Å²) in [6, 6.07) is 10.7. The van der Waals surface area contributed by atoms with Crippen LogP contribution in [0.15, 0.2) is 41.6 Å². The quantitative estimate of drug-likeness (QED) is 0.504. The molecule has 0 saturated carbocycles. The third-order valence-electron chi connectivity index (χ3n) is 2.37. The molecule has 0 unspecified atom stereocenters. The molecule has 1 aromatic rings. The van der Waals surface area contributed by atoms with Crippen molar-refractivity contribution in [3.05, 3.63) is 41.6 Å². The molecular weight excluding hydrogens is 196 g/mol. The Kier molecular flexibility index (Phi) is 6.10. The monoisotopic (exact) mass is 216 g/mol. The van der Waals surface area contributed by atoms with Gasteiger partial charge in [-0.2, -0.15) is 0 Å². The standard InChI is InChI=1S/C14H20Si/c1-3-4-5-7-10-13(2)15-14-11-8-6-9-12-14/h6,8-12H,3-5,7H2,1-2H3/b13-10+. The second-order valence-electron chi connectivity index (χ2n) is 3.87.